The molecule has 2 N–H and O–H groups in total. The molecule has 0 unspecified atom stereocenters. The Morgan fingerprint density at radius 1 is 0.857 bits per heavy atom. The van der Waals surface area contributed by atoms with Gasteiger partial charge in [0, 0.05) is 12.8 Å². The van der Waals surface area contributed by atoms with Crippen molar-refractivity contribution in [3.8, 4) is 0 Å². The van der Waals surface area contributed by atoms with Gasteiger partial charge in [-0.15, -0.1) is 0 Å². The third-order valence-electron chi connectivity index (χ3n) is 3.22. The summed E-state index contributed by atoms with van der Waals surface area (Å²) in [7, 11) is 0. The number of aliphatic hydroxyl groups excluding tert-OH is 2. The van der Waals surface area contributed by atoms with Crippen LogP contribution in [0.2, 0.25) is 0 Å². The second-order valence-corrected chi connectivity index (χ2v) is 4.37. The molecule has 0 radical (unpaired) electrons. The Morgan fingerprint density at radius 2 is 1.21 bits per heavy atom. The van der Waals surface area contributed by atoms with Gasteiger partial charge in [-0.1, -0.05) is 0 Å². The Morgan fingerprint density at radius 3 is 1.43 bits per heavy atom. The molecule has 82 valence electrons. The first kappa shape index (κ1) is 10.4. The summed E-state index contributed by atoms with van der Waals surface area (Å²) in [5, 5.41) is 19.0. The molecular formula is C10H18O4. The molecule has 4 nitrogen and oxygen atoms in total. The summed E-state index contributed by atoms with van der Waals surface area (Å²) in [6, 6.07) is 0. The molecule has 4 heteroatoms. The maximum atomic E-state index is 9.52. The van der Waals surface area contributed by atoms with E-state index in [0.717, 1.165) is 0 Å². The number of hydrogen-bond donors (Lipinski definition) is 2. The van der Waals surface area contributed by atoms with Gasteiger partial charge in [0.1, 0.15) is 0 Å². The summed E-state index contributed by atoms with van der Waals surface area (Å²) in [5.41, 5.74) is 0. The van der Waals surface area contributed by atoms with Crippen molar-refractivity contribution in [2.45, 2.75) is 63.3 Å². The molecular weight excluding hydrogens is 184 g/mol. The van der Waals surface area contributed by atoms with Gasteiger partial charge in [0.05, 0.1) is 36.6 Å². The molecule has 0 saturated carbocycles. The van der Waals surface area contributed by atoms with Crippen LogP contribution < -0.4 is 0 Å². The highest BCUT2D eigenvalue weighted by molar-refractivity contribution is 4.90. The molecule has 2 saturated heterocycles. The van der Waals surface area contributed by atoms with Crippen LogP contribution in [0, 0.1) is 0 Å². The minimum atomic E-state index is -0.392. The SMILES string of the molecule is C[C@@H]1O[C@H]([C@@H]2C[C@H](O)[C@H](C)O2)C[C@@H]1O. The molecule has 0 aromatic carbocycles. The van der Waals surface area contributed by atoms with Crippen molar-refractivity contribution >= 4 is 0 Å². The molecule has 0 amide bonds. The molecule has 2 aliphatic heterocycles. The zero-order chi connectivity index (χ0) is 10.3. The summed E-state index contributed by atoms with van der Waals surface area (Å²) in [6.07, 6.45) is 0.108. The number of ether oxygens (including phenoxy) is 2. The third kappa shape index (κ3) is 1.80. The zero-order valence-corrected chi connectivity index (χ0v) is 8.59. The maximum absolute atomic E-state index is 9.52. The van der Waals surface area contributed by atoms with Gasteiger partial charge in [-0.3, -0.25) is 0 Å². The number of hydrogen-bond acceptors (Lipinski definition) is 4. The first-order valence-corrected chi connectivity index (χ1v) is 5.25. The lowest BCUT2D eigenvalue weighted by molar-refractivity contribution is -0.0652. The topological polar surface area (TPSA) is 58.9 Å². The van der Waals surface area contributed by atoms with E-state index in [9.17, 15) is 10.2 Å². The van der Waals surface area contributed by atoms with Gasteiger partial charge in [0.25, 0.3) is 0 Å². The lowest BCUT2D eigenvalue weighted by Gasteiger charge is -2.17. The third-order valence-corrected chi connectivity index (χ3v) is 3.22. The van der Waals surface area contributed by atoms with Crippen LogP contribution in [0.15, 0.2) is 0 Å². The predicted octanol–water partition coefficient (Wildman–Crippen LogP) is 0.0630. The second-order valence-electron chi connectivity index (χ2n) is 4.37. The molecule has 0 aromatic heterocycles. The standard InChI is InChI=1S/C10H18O4/c1-5-7(11)3-9(13-5)10-4-8(12)6(2)14-10/h5-12H,3-4H2,1-2H3/t5-,6-,7-,8-,9-,10-/m0/s1. The van der Waals surface area contributed by atoms with Gasteiger partial charge in [0.2, 0.25) is 0 Å². The Balaban J connectivity index is 1.92. The smallest absolute Gasteiger partial charge is 0.0868 e. The average molecular weight is 202 g/mol. The molecule has 0 aliphatic carbocycles. The van der Waals surface area contributed by atoms with E-state index in [0.29, 0.717) is 12.8 Å². The van der Waals surface area contributed by atoms with Crippen LogP contribution in [0.4, 0.5) is 0 Å². The number of aliphatic hydroxyl groups is 2. The highest BCUT2D eigenvalue weighted by Gasteiger charge is 2.42. The Hall–Kier alpha value is -0.160. The van der Waals surface area contributed by atoms with Crippen molar-refractivity contribution in [3.05, 3.63) is 0 Å². The molecule has 2 rings (SSSR count). The monoisotopic (exact) mass is 202 g/mol. The quantitative estimate of drug-likeness (QED) is 0.631. The van der Waals surface area contributed by atoms with E-state index in [-0.39, 0.29) is 24.4 Å². The van der Waals surface area contributed by atoms with Crippen LogP contribution in [0.3, 0.4) is 0 Å². The summed E-state index contributed by atoms with van der Waals surface area (Å²) < 4.78 is 11.1. The predicted molar refractivity (Wildman–Crippen MR) is 49.9 cm³/mol. The van der Waals surface area contributed by atoms with Crippen molar-refractivity contribution in [2.75, 3.05) is 0 Å². The summed E-state index contributed by atoms with van der Waals surface area (Å²) in [6.45, 7) is 3.72. The van der Waals surface area contributed by atoms with E-state index in [1.54, 1.807) is 0 Å². The Labute approximate surface area is 83.8 Å². The Kier molecular flexibility index (Phi) is 2.79. The maximum Gasteiger partial charge on any atom is 0.0868 e. The summed E-state index contributed by atoms with van der Waals surface area (Å²) in [5.74, 6) is 0. The number of rotatable bonds is 1. The normalized spacial score (nSPS) is 54.0. The fraction of sp³-hybridized carbons (Fsp3) is 1.00. The van der Waals surface area contributed by atoms with Crippen LogP contribution in [-0.4, -0.2) is 46.8 Å². The van der Waals surface area contributed by atoms with Crippen LogP contribution in [0.1, 0.15) is 26.7 Å². The first-order valence-electron chi connectivity index (χ1n) is 5.25. The van der Waals surface area contributed by atoms with Crippen molar-refractivity contribution in [3.63, 3.8) is 0 Å². The van der Waals surface area contributed by atoms with E-state index in [1.807, 2.05) is 13.8 Å². The van der Waals surface area contributed by atoms with Crippen molar-refractivity contribution in [2.24, 2.45) is 0 Å². The van der Waals surface area contributed by atoms with Gasteiger partial charge in [-0.25, -0.2) is 0 Å². The van der Waals surface area contributed by atoms with Gasteiger partial charge < -0.3 is 19.7 Å². The van der Waals surface area contributed by atoms with Crippen molar-refractivity contribution in [1.29, 1.82) is 0 Å². The van der Waals surface area contributed by atoms with E-state index in [2.05, 4.69) is 0 Å². The molecule has 6 atom stereocenters. The van der Waals surface area contributed by atoms with E-state index in [4.69, 9.17) is 9.47 Å². The van der Waals surface area contributed by atoms with Crippen molar-refractivity contribution in [1.82, 2.24) is 0 Å². The summed E-state index contributed by atoms with van der Waals surface area (Å²) >= 11 is 0. The average Bonchev–Trinajstić information content (AvgIpc) is 2.60. The van der Waals surface area contributed by atoms with Crippen LogP contribution in [-0.2, 0) is 9.47 Å². The highest BCUT2D eigenvalue weighted by atomic mass is 16.6. The zero-order valence-electron chi connectivity index (χ0n) is 8.59. The highest BCUT2D eigenvalue weighted by Crippen LogP contribution is 2.31. The lowest BCUT2D eigenvalue weighted by Crippen LogP contribution is -2.26. The van der Waals surface area contributed by atoms with Crippen LogP contribution in [0.5, 0.6) is 0 Å². The van der Waals surface area contributed by atoms with Crippen molar-refractivity contribution < 1.29 is 19.7 Å². The van der Waals surface area contributed by atoms with E-state index in [1.165, 1.54) is 0 Å². The molecule has 0 spiro atoms. The van der Waals surface area contributed by atoms with Gasteiger partial charge in [-0.05, 0) is 13.8 Å². The first-order chi connectivity index (χ1) is 6.58. The van der Waals surface area contributed by atoms with Crippen LogP contribution >= 0.6 is 0 Å². The van der Waals surface area contributed by atoms with Crippen LogP contribution in [0.25, 0.3) is 0 Å². The van der Waals surface area contributed by atoms with Gasteiger partial charge in [0.15, 0.2) is 0 Å². The summed E-state index contributed by atoms with van der Waals surface area (Å²) in [4.78, 5) is 0. The molecule has 2 aliphatic rings. The molecule has 0 bridgehead atoms. The second kappa shape index (κ2) is 3.77. The lowest BCUT2D eigenvalue weighted by atomic mass is 10.0. The largest absolute Gasteiger partial charge is 0.390 e. The van der Waals surface area contributed by atoms with Gasteiger partial charge in [-0.2, -0.15) is 0 Å². The molecule has 14 heavy (non-hydrogen) atoms. The molecule has 2 fully saturated rings. The minimum Gasteiger partial charge on any atom is -0.390 e. The van der Waals surface area contributed by atoms with E-state index < -0.39 is 12.2 Å². The fourth-order valence-corrected chi connectivity index (χ4v) is 2.18. The Bertz CT molecular complexity index is 166. The van der Waals surface area contributed by atoms with Gasteiger partial charge >= 0.3 is 0 Å². The molecule has 2 heterocycles. The minimum absolute atomic E-state index is 0.0559. The van der Waals surface area contributed by atoms with E-state index >= 15 is 0 Å². The molecule has 0 aromatic rings. The fourth-order valence-electron chi connectivity index (χ4n) is 2.18.